The van der Waals surface area contributed by atoms with Crippen molar-refractivity contribution in [1.29, 1.82) is 0 Å². The van der Waals surface area contributed by atoms with Crippen LogP contribution < -0.4 is 10.5 Å². The molecule has 1 aliphatic heterocycles. The average molecular weight is 381 g/mol. The minimum Gasteiger partial charge on any atom is -0.391 e. The molecular formula is C18H24N2O3S2. The van der Waals surface area contributed by atoms with Crippen LogP contribution in [0.25, 0.3) is 10.4 Å². The molecule has 2 heterocycles. The molecule has 1 aliphatic rings. The molecule has 25 heavy (non-hydrogen) atoms. The number of rotatable bonds is 5. The van der Waals surface area contributed by atoms with Gasteiger partial charge in [-0.25, -0.2) is 13.1 Å². The Hall–Kier alpha value is -1.41. The van der Waals surface area contributed by atoms with Crippen LogP contribution in [-0.2, 0) is 14.8 Å². The van der Waals surface area contributed by atoms with Crippen molar-refractivity contribution in [3.05, 3.63) is 42.0 Å². The number of sulfonamides is 1. The molecule has 0 amide bonds. The van der Waals surface area contributed by atoms with Crippen LogP contribution in [0.3, 0.4) is 0 Å². The predicted molar refractivity (Wildman–Crippen MR) is 103 cm³/mol. The molecule has 5 nitrogen and oxygen atoms in total. The fourth-order valence-electron chi connectivity index (χ4n) is 2.92. The topological polar surface area (TPSA) is 81.4 Å². The molecule has 0 unspecified atom stereocenters. The first-order valence-corrected chi connectivity index (χ1v) is 10.8. The standard InChI is InChI=1S/C18H24N2O3S2/c1-12(2)25(21,22)20-15-4-3-11-23-18(15)14-7-5-13(6-8-14)16-9-10-17(19)24-16/h5-10,12,15,18,20H,3-4,11,19H2,1-2H3/t15-,18+/m0/s1. The maximum atomic E-state index is 12.2. The Morgan fingerprint density at radius 2 is 1.92 bits per heavy atom. The number of ether oxygens (including phenoxy) is 1. The summed E-state index contributed by atoms with van der Waals surface area (Å²) in [6.45, 7) is 4.01. The molecule has 2 aromatic rings. The van der Waals surface area contributed by atoms with E-state index in [1.165, 1.54) is 0 Å². The molecule has 3 N–H and O–H groups in total. The van der Waals surface area contributed by atoms with Gasteiger partial charge < -0.3 is 10.5 Å². The van der Waals surface area contributed by atoms with Crippen molar-refractivity contribution in [2.75, 3.05) is 12.3 Å². The van der Waals surface area contributed by atoms with Gasteiger partial charge in [-0.15, -0.1) is 11.3 Å². The maximum absolute atomic E-state index is 12.2. The number of nitrogens with one attached hydrogen (secondary N) is 1. The van der Waals surface area contributed by atoms with E-state index in [1.807, 2.05) is 36.4 Å². The van der Waals surface area contributed by atoms with Gasteiger partial charge in [0.15, 0.2) is 0 Å². The Morgan fingerprint density at radius 3 is 2.52 bits per heavy atom. The third-order valence-electron chi connectivity index (χ3n) is 4.41. The second-order valence-corrected chi connectivity index (χ2v) is 9.96. The van der Waals surface area contributed by atoms with Crippen molar-refractivity contribution in [2.45, 2.75) is 44.1 Å². The summed E-state index contributed by atoms with van der Waals surface area (Å²) in [5.74, 6) is 0. The minimum absolute atomic E-state index is 0.232. The minimum atomic E-state index is -3.33. The van der Waals surface area contributed by atoms with Crippen LogP contribution in [0.5, 0.6) is 0 Å². The van der Waals surface area contributed by atoms with Gasteiger partial charge in [0.05, 0.1) is 22.4 Å². The Labute approximate surface area is 153 Å². The summed E-state index contributed by atoms with van der Waals surface area (Å²) in [5, 5.41) is 0.333. The molecule has 0 bridgehead atoms. The Morgan fingerprint density at radius 1 is 1.20 bits per heavy atom. The first-order valence-electron chi connectivity index (χ1n) is 8.45. The molecule has 1 fully saturated rings. The molecule has 3 rings (SSSR count). The van der Waals surface area contributed by atoms with E-state index in [-0.39, 0.29) is 12.1 Å². The summed E-state index contributed by atoms with van der Waals surface area (Å²) < 4.78 is 33.2. The van der Waals surface area contributed by atoms with Crippen molar-refractivity contribution >= 4 is 26.4 Å². The number of nitrogen functional groups attached to an aromatic ring is 1. The zero-order chi connectivity index (χ0) is 18.0. The quantitative estimate of drug-likeness (QED) is 0.831. The number of anilines is 1. The van der Waals surface area contributed by atoms with Crippen LogP contribution >= 0.6 is 11.3 Å². The fraction of sp³-hybridized carbons (Fsp3) is 0.444. The number of thiophene rings is 1. The highest BCUT2D eigenvalue weighted by Crippen LogP contribution is 2.33. The second-order valence-electron chi connectivity index (χ2n) is 6.58. The second kappa shape index (κ2) is 7.45. The average Bonchev–Trinajstić information content (AvgIpc) is 3.01. The summed E-state index contributed by atoms with van der Waals surface area (Å²) in [5.41, 5.74) is 7.89. The fourth-order valence-corrected chi connectivity index (χ4v) is 4.64. The number of hydrogen-bond donors (Lipinski definition) is 2. The van der Waals surface area contributed by atoms with E-state index in [4.69, 9.17) is 10.5 Å². The first kappa shape index (κ1) is 18.4. The Balaban J connectivity index is 1.80. The van der Waals surface area contributed by atoms with E-state index in [0.717, 1.165) is 33.8 Å². The Kier molecular flexibility index (Phi) is 5.48. The van der Waals surface area contributed by atoms with Crippen molar-refractivity contribution in [3.63, 3.8) is 0 Å². The van der Waals surface area contributed by atoms with Crippen molar-refractivity contribution in [2.24, 2.45) is 0 Å². The highest BCUT2D eigenvalue weighted by atomic mass is 32.2. The lowest BCUT2D eigenvalue weighted by molar-refractivity contribution is -0.00446. The maximum Gasteiger partial charge on any atom is 0.214 e. The molecule has 136 valence electrons. The lowest BCUT2D eigenvalue weighted by atomic mass is 9.96. The zero-order valence-electron chi connectivity index (χ0n) is 14.4. The monoisotopic (exact) mass is 380 g/mol. The smallest absolute Gasteiger partial charge is 0.214 e. The van der Waals surface area contributed by atoms with E-state index in [1.54, 1.807) is 25.2 Å². The molecule has 1 aromatic carbocycles. The van der Waals surface area contributed by atoms with E-state index < -0.39 is 15.3 Å². The van der Waals surface area contributed by atoms with Crippen LogP contribution in [-0.4, -0.2) is 26.3 Å². The number of benzene rings is 1. The normalized spacial score (nSPS) is 21.6. The van der Waals surface area contributed by atoms with Gasteiger partial charge in [-0.1, -0.05) is 24.3 Å². The predicted octanol–water partition coefficient (Wildman–Crippen LogP) is 3.55. The van der Waals surface area contributed by atoms with Gasteiger partial charge in [0.2, 0.25) is 10.0 Å². The lowest BCUT2D eigenvalue weighted by Gasteiger charge is -2.33. The molecule has 0 radical (unpaired) electrons. The van der Waals surface area contributed by atoms with Crippen LogP contribution in [0.1, 0.15) is 38.4 Å². The van der Waals surface area contributed by atoms with Gasteiger partial charge in [-0.05, 0) is 49.9 Å². The first-order chi connectivity index (χ1) is 11.9. The lowest BCUT2D eigenvalue weighted by Crippen LogP contribution is -2.45. The van der Waals surface area contributed by atoms with Crippen molar-refractivity contribution in [1.82, 2.24) is 4.72 Å². The number of hydrogen-bond acceptors (Lipinski definition) is 5. The van der Waals surface area contributed by atoms with E-state index >= 15 is 0 Å². The Bertz CT molecular complexity index is 813. The van der Waals surface area contributed by atoms with Crippen LogP contribution in [0.4, 0.5) is 5.00 Å². The molecule has 0 saturated carbocycles. The van der Waals surface area contributed by atoms with Gasteiger partial charge >= 0.3 is 0 Å². The molecular weight excluding hydrogens is 356 g/mol. The highest BCUT2D eigenvalue weighted by molar-refractivity contribution is 7.90. The van der Waals surface area contributed by atoms with Crippen LogP contribution in [0.15, 0.2) is 36.4 Å². The SMILES string of the molecule is CC(C)S(=O)(=O)N[C@H]1CCCO[C@@H]1c1ccc(-c2ccc(N)s2)cc1. The third-order valence-corrected chi connectivity index (χ3v) is 7.25. The van der Waals surface area contributed by atoms with Gasteiger partial charge in [0.1, 0.15) is 0 Å². The van der Waals surface area contributed by atoms with Crippen molar-refractivity contribution in [3.8, 4) is 10.4 Å². The highest BCUT2D eigenvalue weighted by Gasteiger charge is 2.31. The summed E-state index contributed by atoms with van der Waals surface area (Å²) in [6, 6.07) is 11.8. The van der Waals surface area contributed by atoms with E-state index in [2.05, 4.69) is 4.72 Å². The van der Waals surface area contributed by atoms with Gasteiger partial charge in [-0.2, -0.15) is 0 Å². The summed E-state index contributed by atoms with van der Waals surface area (Å²) in [4.78, 5) is 1.12. The van der Waals surface area contributed by atoms with Gasteiger partial charge in [0, 0.05) is 11.5 Å². The molecule has 0 spiro atoms. The van der Waals surface area contributed by atoms with Crippen LogP contribution in [0, 0.1) is 0 Å². The molecule has 2 atom stereocenters. The van der Waals surface area contributed by atoms with E-state index in [0.29, 0.717) is 6.61 Å². The largest absolute Gasteiger partial charge is 0.391 e. The third kappa shape index (κ3) is 4.23. The molecule has 1 aromatic heterocycles. The van der Waals surface area contributed by atoms with Gasteiger partial charge in [-0.3, -0.25) is 0 Å². The summed E-state index contributed by atoms with van der Waals surface area (Å²) in [7, 11) is -3.33. The zero-order valence-corrected chi connectivity index (χ0v) is 16.1. The molecule has 0 aliphatic carbocycles. The van der Waals surface area contributed by atoms with Crippen LogP contribution in [0.2, 0.25) is 0 Å². The summed E-state index contributed by atoms with van der Waals surface area (Å²) >= 11 is 1.55. The molecule has 7 heteroatoms. The number of nitrogens with two attached hydrogens (primary N) is 1. The van der Waals surface area contributed by atoms with Gasteiger partial charge in [0.25, 0.3) is 0 Å². The van der Waals surface area contributed by atoms with E-state index in [9.17, 15) is 8.42 Å². The summed E-state index contributed by atoms with van der Waals surface area (Å²) in [6.07, 6.45) is 1.37. The molecule has 1 saturated heterocycles. The van der Waals surface area contributed by atoms with Crippen molar-refractivity contribution < 1.29 is 13.2 Å².